The molecule has 6 rings (SSSR count). The average molecular weight is 519 g/mol. The Kier molecular flexibility index (Phi) is 6.50. The van der Waals surface area contributed by atoms with E-state index in [4.69, 9.17) is 11.6 Å². The van der Waals surface area contributed by atoms with Gasteiger partial charge in [0.2, 0.25) is 0 Å². The van der Waals surface area contributed by atoms with E-state index in [0.717, 1.165) is 37.0 Å². The lowest BCUT2D eigenvalue weighted by atomic mass is 9.77. The Labute approximate surface area is 219 Å². The van der Waals surface area contributed by atoms with Crippen LogP contribution in [0.5, 0.6) is 0 Å². The van der Waals surface area contributed by atoms with Gasteiger partial charge >= 0.3 is 0 Å². The molecule has 2 aromatic heterocycles. The molecule has 1 unspecified atom stereocenters. The molecule has 0 radical (unpaired) electrons. The molecule has 3 atom stereocenters. The van der Waals surface area contributed by atoms with E-state index in [1.807, 2.05) is 6.07 Å². The number of ketones is 1. The third-order valence-electron chi connectivity index (χ3n) is 7.58. The van der Waals surface area contributed by atoms with Crippen LogP contribution in [0, 0.1) is 17.7 Å². The lowest BCUT2D eigenvalue weighted by molar-refractivity contribution is -0.121. The lowest BCUT2D eigenvalue weighted by Gasteiger charge is -2.40. The number of Topliss-reactive ketones (excluding diaryl/α,β-unsaturated/α-hetero) is 1. The van der Waals surface area contributed by atoms with E-state index < -0.39 is 5.82 Å². The van der Waals surface area contributed by atoms with Gasteiger partial charge in [-0.25, -0.2) is 14.4 Å². The number of piperidine rings is 1. The highest BCUT2D eigenvalue weighted by molar-refractivity contribution is 6.30. The van der Waals surface area contributed by atoms with Gasteiger partial charge in [-0.15, -0.1) is 0 Å². The van der Waals surface area contributed by atoms with Crippen molar-refractivity contribution in [1.29, 1.82) is 0 Å². The van der Waals surface area contributed by atoms with Crippen molar-refractivity contribution >= 4 is 39.9 Å². The van der Waals surface area contributed by atoms with Crippen molar-refractivity contribution in [3.63, 3.8) is 0 Å². The monoisotopic (exact) mass is 518 g/mol. The van der Waals surface area contributed by atoms with E-state index in [0.29, 0.717) is 29.3 Å². The average Bonchev–Trinajstić information content (AvgIpc) is 3.62. The fourth-order valence-corrected chi connectivity index (χ4v) is 5.89. The molecular weight excluding hydrogens is 491 g/mol. The number of rotatable bonds is 8. The van der Waals surface area contributed by atoms with Gasteiger partial charge in [0, 0.05) is 30.2 Å². The van der Waals surface area contributed by atoms with Gasteiger partial charge in [-0.05, 0) is 60.8 Å². The molecule has 190 valence electrons. The molecule has 2 aliphatic rings. The topological polar surface area (TPSA) is 86.8 Å². The predicted octanol–water partition coefficient (Wildman–Crippen LogP) is 5.61. The van der Waals surface area contributed by atoms with Crippen molar-refractivity contribution in [1.82, 2.24) is 20.2 Å². The Morgan fingerprint density at radius 2 is 2.00 bits per heavy atom. The third kappa shape index (κ3) is 5.16. The molecule has 2 aromatic carbocycles. The molecular formula is C28H28ClFN6O. The molecule has 0 spiro atoms. The Morgan fingerprint density at radius 1 is 1.16 bits per heavy atom. The van der Waals surface area contributed by atoms with Crippen LogP contribution in [0.25, 0.3) is 11.0 Å². The first-order valence-electron chi connectivity index (χ1n) is 12.7. The van der Waals surface area contributed by atoms with Crippen molar-refractivity contribution < 1.29 is 9.18 Å². The van der Waals surface area contributed by atoms with Crippen molar-refractivity contribution in [3.05, 3.63) is 77.5 Å². The van der Waals surface area contributed by atoms with Crippen LogP contribution in [0.3, 0.4) is 0 Å². The molecule has 1 aliphatic heterocycles. The van der Waals surface area contributed by atoms with Gasteiger partial charge in [-0.2, -0.15) is 5.10 Å². The zero-order valence-electron chi connectivity index (χ0n) is 20.3. The minimum Gasteiger partial charge on any atom is -0.375 e. The minimum atomic E-state index is -0.417. The molecule has 4 aromatic rings. The zero-order valence-corrected chi connectivity index (χ0v) is 21.0. The predicted molar refractivity (Wildman–Crippen MR) is 142 cm³/mol. The molecule has 1 saturated carbocycles. The van der Waals surface area contributed by atoms with Crippen molar-refractivity contribution in [3.8, 4) is 0 Å². The third-order valence-corrected chi connectivity index (χ3v) is 7.79. The van der Waals surface area contributed by atoms with E-state index in [-0.39, 0.29) is 29.6 Å². The van der Waals surface area contributed by atoms with Gasteiger partial charge in [0.15, 0.2) is 11.4 Å². The van der Waals surface area contributed by atoms with Crippen LogP contribution in [0.2, 0.25) is 5.02 Å². The molecule has 0 amide bonds. The SMILES string of the molecule is O=C(C[C@H]1CN(c2ncnc3[nH]ncc23)CCC1c1ccccc1)[C@H](Nc1cc(F)cc(Cl)c1)C1CC1. The first kappa shape index (κ1) is 23.9. The summed E-state index contributed by atoms with van der Waals surface area (Å²) < 4.78 is 14.0. The smallest absolute Gasteiger partial charge is 0.160 e. The maximum Gasteiger partial charge on any atom is 0.160 e. The normalized spacial score (nSPS) is 20.6. The van der Waals surface area contributed by atoms with E-state index in [1.54, 1.807) is 18.6 Å². The summed E-state index contributed by atoms with van der Waals surface area (Å²) in [5.41, 5.74) is 2.50. The highest BCUT2D eigenvalue weighted by atomic mass is 35.5. The van der Waals surface area contributed by atoms with Gasteiger partial charge in [0.25, 0.3) is 0 Å². The molecule has 3 heterocycles. The van der Waals surface area contributed by atoms with Crippen LogP contribution in [0.4, 0.5) is 15.9 Å². The van der Waals surface area contributed by atoms with E-state index in [2.05, 4.69) is 54.6 Å². The number of aromatic amines is 1. The van der Waals surface area contributed by atoms with Gasteiger partial charge in [0.05, 0.1) is 17.6 Å². The fraction of sp³-hybridized carbons (Fsp3) is 0.357. The quantitative estimate of drug-likeness (QED) is 0.315. The van der Waals surface area contributed by atoms with E-state index in [9.17, 15) is 9.18 Å². The van der Waals surface area contributed by atoms with Gasteiger partial charge < -0.3 is 10.2 Å². The minimum absolute atomic E-state index is 0.0970. The number of hydrogen-bond acceptors (Lipinski definition) is 6. The summed E-state index contributed by atoms with van der Waals surface area (Å²) in [6.07, 6.45) is 6.62. The molecule has 7 nitrogen and oxygen atoms in total. The number of anilines is 2. The van der Waals surface area contributed by atoms with E-state index >= 15 is 0 Å². The Morgan fingerprint density at radius 3 is 2.78 bits per heavy atom. The van der Waals surface area contributed by atoms with Crippen molar-refractivity contribution in [2.75, 3.05) is 23.3 Å². The number of halogens is 2. The second-order valence-electron chi connectivity index (χ2n) is 10.1. The van der Waals surface area contributed by atoms with Crippen molar-refractivity contribution in [2.45, 2.75) is 37.6 Å². The molecule has 2 fully saturated rings. The molecule has 0 bridgehead atoms. The van der Waals surface area contributed by atoms with E-state index in [1.165, 1.54) is 17.7 Å². The van der Waals surface area contributed by atoms with Crippen LogP contribution >= 0.6 is 11.6 Å². The highest BCUT2D eigenvalue weighted by Crippen LogP contribution is 2.40. The summed E-state index contributed by atoms with van der Waals surface area (Å²) in [6.45, 7) is 1.53. The Bertz CT molecular complexity index is 1390. The Balaban J connectivity index is 1.26. The maximum absolute atomic E-state index is 14.0. The van der Waals surface area contributed by atoms with Crippen LogP contribution in [0.15, 0.2) is 61.1 Å². The Hall–Kier alpha value is -3.52. The number of nitrogens with zero attached hydrogens (tertiary/aromatic N) is 4. The lowest BCUT2D eigenvalue weighted by Crippen LogP contribution is -2.43. The summed E-state index contributed by atoms with van der Waals surface area (Å²) in [4.78, 5) is 24.9. The molecule has 1 saturated heterocycles. The van der Waals surface area contributed by atoms with Gasteiger partial charge in [-0.3, -0.25) is 9.89 Å². The summed E-state index contributed by atoms with van der Waals surface area (Å²) in [6, 6.07) is 14.4. The van der Waals surface area contributed by atoms with Crippen LogP contribution < -0.4 is 10.2 Å². The maximum atomic E-state index is 14.0. The number of benzene rings is 2. The second-order valence-corrected chi connectivity index (χ2v) is 10.6. The molecule has 1 aliphatic carbocycles. The zero-order chi connectivity index (χ0) is 25.4. The van der Waals surface area contributed by atoms with Crippen LogP contribution in [-0.2, 0) is 4.79 Å². The van der Waals surface area contributed by atoms with Gasteiger partial charge in [-0.1, -0.05) is 41.9 Å². The number of H-pyrrole nitrogens is 1. The van der Waals surface area contributed by atoms with Crippen LogP contribution in [-0.4, -0.2) is 45.1 Å². The summed E-state index contributed by atoms with van der Waals surface area (Å²) in [5.74, 6) is 1.20. The number of aromatic nitrogens is 4. The standard InChI is InChI=1S/C28H28ClFN6O/c29-20-11-21(30)13-22(12-20)34-26(18-6-7-18)25(37)10-19-15-36(9-8-23(19)17-4-2-1-3-5-17)28-24-14-33-35-27(24)31-16-32-28/h1-5,11-14,16,18-19,23,26,34H,6-10,15H2,(H,31,32,33,35)/t19-,23?,26+/m0/s1. The fourth-order valence-electron chi connectivity index (χ4n) is 5.67. The number of nitrogens with one attached hydrogen (secondary N) is 2. The highest BCUT2D eigenvalue weighted by Gasteiger charge is 2.39. The molecule has 9 heteroatoms. The van der Waals surface area contributed by atoms with Crippen LogP contribution in [0.1, 0.15) is 37.2 Å². The van der Waals surface area contributed by atoms with Gasteiger partial charge in [0.1, 0.15) is 18.0 Å². The number of hydrogen-bond donors (Lipinski definition) is 2. The number of fused-ring (bicyclic) bond motifs is 1. The second kappa shape index (κ2) is 10.1. The summed E-state index contributed by atoms with van der Waals surface area (Å²) in [7, 11) is 0. The molecule has 2 N–H and O–H groups in total. The largest absolute Gasteiger partial charge is 0.375 e. The first-order chi connectivity index (χ1) is 18.0. The summed E-state index contributed by atoms with van der Waals surface area (Å²) in [5, 5.41) is 11.6. The molecule has 37 heavy (non-hydrogen) atoms. The van der Waals surface area contributed by atoms with Crippen molar-refractivity contribution in [2.24, 2.45) is 11.8 Å². The summed E-state index contributed by atoms with van der Waals surface area (Å²) >= 11 is 6.07. The first-order valence-corrected chi connectivity index (χ1v) is 13.1. The number of carbonyl (C=O) groups excluding carboxylic acids is 1. The number of carbonyl (C=O) groups is 1.